The van der Waals surface area contributed by atoms with Gasteiger partial charge in [-0.15, -0.1) is 0 Å². The molecule has 7 heteroatoms. The van der Waals surface area contributed by atoms with Gasteiger partial charge in [0.1, 0.15) is 11.5 Å². The van der Waals surface area contributed by atoms with E-state index in [9.17, 15) is 9.59 Å². The van der Waals surface area contributed by atoms with E-state index in [4.69, 9.17) is 9.47 Å². The smallest absolute Gasteiger partial charge is 0.239 e. The Balaban J connectivity index is 2.21. The van der Waals surface area contributed by atoms with E-state index in [0.717, 1.165) is 5.56 Å². The molecule has 0 aliphatic carbocycles. The van der Waals surface area contributed by atoms with Crippen LogP contribution in [0.3, 0.4) is 0 Å². The van der Waals surface area contributed by atoms with Gasteiger partial charge in [-0.1, -0.05) is 11.8 Å². The van der Waals surface area contributed by atoms with Crippen molar-refractivity contribution in [2.45, 2.75) is 19.9 Å². The minimum absolute atomic E-state index is 0.0622. The second-order valence-corrected chi connectivity index (χ2v) is 6.45. The van der Waals surface area contributed by atoms with Crippen LogP contribution in [0.2, 0.25) is 0 Å². The second-order valence-electron chi connectivity index (χ2n) is 5.51. The molecule has 126 valence electrons. The maximum atomic E-state index is 12.4. The van der Waals surface area contributed by atoms with Crippen molar-refractivity contribution in [2.75, 3.05) is 20.0 Å². The number of fused-ring (bicyclic) bond motifs is 1. The number of amidine groups is 1. The third-order valence-corrected chi connectivity index (χ3v) is 5.04. The fourth-order valence-electron chi connectivity index (χ4n) is 3.03. The summed E-state index contributed by atoms with van der Waals surface area (Å²) in [6.45, 7) is 3.30. The highest BCUT2D eigenvalue weighted by molar-refractivity contribution is 8.15. The first-order valence-corrected chi connectivity index (χ1v) is 8.43. The summed E-state index contributed by atoms with van der Waals surface area (Å²) in [7, 11) is 3.13. The molecule has 1 atom stereocenters. The van der Waals surface area contributed by atoms with Gasteiger partial charge in [0.05, 0.1) is 26.0 Å². The van der Waals surface area contributed by atoms with E-state index in [1.54, 1.807) is 38.2 Å². The lowest BCUT2D eigenvalue weighted by molar-refractivity contribution is -0.125. The number of amides is 1. The van der Waals surface area contributed by atoms with Crippen LogP contribution in [-0.2, 0) is 9.59 Å². The number of ether oxygens (including phenoxy) is 2. The number of hydrogen-bond acceptors (Lipinski definition) is 6. The normalized spacial score (nSPS) is 20.0. The Morgan fingerprint density at radius 2 is 2.08 bits per heavy atom. The summed E-state index contributed by atoms with van der Waals surface area (Å²) in [5.41, 5.74) is 1.89. The van der Waals surface area contributed by atoms with Crippen LogP contribution in [0.15, 0.2) is 34.5 Å². The number of aliphatic imine (C=N–C) groups is 1. The molecule has 1 unspecified atom stereocenters. The third-order valence-electron chi connectivity index (χ3n) is 4.10. The molecule has 0 N–H and O–H groups in total. The van der Waals surface area contributed by atoms with Crippen molar-refractivity contribution in [3.05, 3.63) is 35.0 Å². The zero-order valence-electron chi connectivity index (χ0n) is 14.0. The van der Waals surface area contributed by atoms with Gasteiger partial charge < -0.3 is 9.47 Å². The number of rotatable bonds is 4. The average Bonchev–Trinajstić information content (AvgIpc) is 2.93. The Labute approximate surface area is 144 Å². The number of carbonyl (C=O) groups excluding carboxylic acids is 2. The predicted octanol–water partition coefficient (Wildman–Crippen LogP) is 2.55. The number of carbonyl (C=O) groups is 2. The zero-order valence-corrected chi connectivity index (χ0v) is 14.8. The van der Waals surface area contributed by atoms with E-state index < -0.39 is 6.04 Å². The minimum Gasteiger partial charge on any atom is -0.497 e. The number of hydrogen-bond donors (Lipinski definition) is 0. The molecule has 0 aromatic heterocycles. The second kappa shape index (κ2) is 6.32. The molecular weight excluding hydrogens is 328 g/mol. The lowest BCUT2D eigenvalue weighted by Crippen LogP contribution is -2.39. The van der Waals surface area contributed by atoms with Gasteiger partial charge in [0.15, 0.2) is 11.0 Å². The van der Waals surface area contributed by atoms with Gasteiger partial charge in [0.25, 0.3) is 0 Å². The first kappa shape index (κ1) is 16.6. The van der Waals surface area contributed by atoms with Gasteiger partial charge in [0, 0.05) is 22.9 Å². The molecule has 1 fully saturated rings. The number of allylic oxidation sites excluding steroid dienone is 1. The molecule has 1 amide bonds. The molecule has 0 radical (unpaired) electrons. The predicted molar refractivity (Wildman–Crippen MR) is 92.4 cm³/mol. The van der Waals surface area contributed by atoms with Crippen LogP contribution in [0.25, 0.3) is 0 Å². The minimum atomic E-state index is -0.529. The van der Waals surface area contributed by atoms with Gasteiger partial charge in [-0.05, 0) is 26.0 Å². The molecule has 2 aliphatic heterocycles. The quantitative estimate of drug-likeness (QED) is 0.838. The van der Waals surface area contributed by atoms with Crippen LogP contribution >= 0.6 is 11.8 Å². The number of nitrogens with zero attached hydrogens (tertiary/aromatic N) is 2. The number of benzene rings is 1. The maximum absolute atomic E-state index is 12.4. The molecule has 1 saturated heterocycles. The van der Waals surface area contributed by atoms with E-state index in [2.05, 4.69) is 4.99 Å². The summed E-state index contributed by atoms with van der Waals surface area (Å²) >= 11 is 1.39. The third kappa shape index (κ3) is 2.58. The highest BCUT2D eigenvalue weighted by Crippen LogP contribution is 2.44. The Hall–Kier alpha value is -2.28. The van der Waals surface area contributed by atoms with Crippen LogP contribution in [0, 0.1) is 0 Å². The van der Waals surface area contributed by atoms with Crippen LogP contribution in [-0.4, -0.2) is 41.7 Å². The van der Waals surface area contributed by atoms with Crippen molar-refractivity contribution in [1.82, 2.24) is 4.90 Å². The van der Waals surface area contributed by atoms with E-state index in [-0.39, 0.29) is 11.7 Å². The fraction of sp³-hybridized carbons (Fsp3) is 0.353. The molecule has 0 spiro atoms. The van der Waals surface area contributed by atoms with E-state index in [1.165, 1.54) is 18.7 Å². The monoisotopic (exact) mass is 346 g/mol. The van der Waals surface area contributed by atoms with Crippen LogP contribution in [0.4, 0.5) is 0 Å². The Morgan fingerprint density at radius 1 is 1.33 bits per heavy atom. The van der Waals surface area contributed by atoms with Crippen molar-refractivity contribution >= 4 is 28.6 Å². The van der Waals surface area contributed by atoms with Crippen molar-refractivity contribution in [1.29, 1.82) is 0 Å². The number of ketones is 1. The largest absolute Gasteiger partial charge is 0.497 e. The lowest BCUT2D eigenvalue weighted by Gasteiger charge is -2.33. The molecule has 2 aliphatic rings. The highest BCUT2D eigenvalue weighted by Gasteiger charge is 2.42. The molecule has 0 saturated carbocycles. The summed E-state index contributed by atoms with van der Waals surface area (Å²) in [4.78, 5) is 30.7. The van der Waals surface area contributed by atoms with Crippen molar-refractivity contribution in [3.8, 4) is 11.5 Å². The summed E-state index contributed by atoms with van der Waals surface area (Å²) in [6, 6.07) is 4.85. The SMILES string of the molecule is COc1ccc(C2C(C(C)=O)=C(C)N=C3SCC(=O)N32)c(OC)c1. The molecule has 0 bridgehead atoms. The van der Waals surface area contributed by atoms with Crippen molar-refractivity contribution in [3.63, 3.8) is 0 Å². The topological polar surface area (TPSA) is 68.2 Å². The summed E-state index contributed by atoms with van der Waals surface area (Å²) in [5, 5.41) is 0.630. The first-order valence-electron chi connectivity index (χ1n) is 7.45. The molecule has 2 heterocycles. The van der Waals surface area contributed by atoms with Crippen molar-refractivity contribution < 1.29 is 19.1 Å². The van der Waals surface area contributed by atoms with Gasteiger partial charge in [0.2, 0.25) is 5.91 Å². The zero-order chi connectivity index (χ0) is 17.4. The molecule has 1 aromatic rings. The van der Waals surface area contributed by atoms with Crippen LogP contribution in [0.5, 0.6) is 11.5 Å². The molecule has 1 aromatic carbocycles. The molecule has 6 nitrogen and oxygen atoms in total. The van der Waals surface area contributed by atoms with Crippen LogP contribution < -0.4 is 9.47 Å². The first-order chi connectivity index (χ1) is 11.5. The number of thioether (sulfide) groups is 1. The lowest BCUT2D eigenvalue weighted by atomic mass is 9.91. The van der Waals surface area contributed by atoms with E-state index in [0.29, 0.717) is 33.7 Å². The van der Waals surface area contributed by atoms with Gasteiger partial charge in [-0.2, -0.15) is 0 Å². The van der Waals surface area contributed by atoms with Gasteiger partial charge in [-0.3, -0.25) is 14.5 Å². The highest BCUT2D eigenvalue weighted by atomic mass is 32.2. The van der Waals surface area contributed by atoms with Crippen LogP contribution in [0.1, 0.15) is 25.5 Å². The molecule has 24 heavy (non-hydrogen) atoms. The Kier molecular flexibility index (Phi) is 4.36. The van der Waals surface area contributed by atoms with E-state index >= 15 is 0 Å². The summed E-state index contributed by atoms with van der Waals surface area (Å²) in [5.74, 6) is 1.37. The number of Topliss-reactive ketones (excluding diaryl/α,β-unsaturated/α-hetero) is 1. The van der Waals surface area contributed by atoms with E-state index in [1.807, 2.05) is 6.07 Å². The number of methoxy groups -OCH3 is 2. The Bertz CT molecular complexity index is 785. The fourth-order valence-corrected chi connectivity index (χ4v) is 3.97. The van der Waals surface area contributed by atoms with Gasteiger partial charge >= 0.3 is 0 Å². The molecule has 3 rings (SSSR count). The van der Waals surface area contributed by atoms with Crippen molar-refractivity contribution in [2.24, 2.45) is 4.99 Å². The Morgan fingerprint density at radius 3 is 2.71 bits per heavy atom. The average molecular weight is 346 g/mol. The maximum Gasteiger partial charge on any atom is 0.239 e. The standard InChI is InChI=1S/C17H18N2O4S/c1-9-15(10(2)20)16(19-14(21)8-24-17(19)18-9)12-6-5-11(22-3)7-13(12)23-4/h5-7,16H,8H2,1-4H3. The summed E-state index contributed by atoms with van der Waals surface area (Å²) in [6.07, 6.45) is 0. The van der Waals surface area contributed by atoms with Gasteiger partial charge in [-0.25, -0.2) is 4.99 Å². The summed E-state index contributed by atoms with van der Waals surface area (Å²) < 4.78 is 10.7. The molecular formula is C17H18N2O4S.